The Morgan fingerprint density at radius 3 is 2.44 bits per heavy atom. The fraction of sp³-hybridized carbons (Fsp3) is 0.471. The first-order valence-electron chi connectivity index (χ1n) is 8.66. The van der Waals surface area contributed by atoms with Crippen LogP contribution in [-0.2, 0) is 6.61 Å². The van der Waals surface area contributed by atoms with E-state index in [-0.39, 0.29) is 30.6 Å². The number of urea groups is 2. The van der Waals surface area contributed by atoms with Crippen molar-refractivity contribution in [2.45, 2.75) is 32.9 Å². The molecule has 1 unspecified atom stereocenters. The van der Waals surface area contributed by atoms with Crippen LogP contribution in [-0.4, -0.2) is 42.2 Å². The van der Waals surface area contributed by atoms with Gasteiger partial charge in [0.25, 0.3) is 0 Å². The van der Waals surface area contributed by atoms with E-state index in [1.807, 2.05) is 0 Å². The van der Waals surface area contributed by atoms with Crippen molar-refractivity contribution in [1.29, 1.82) is 0 Å². The third kappa shape index (κ3) is 8.03. The van der Waals surface area contributed by atoms with Gasteiger partial charge in [0.2, 0.25) is 0 Å². The maximum absolute atomic E-state index is 12.5. The van der Waals surface area contributed by atoms with Crippen molar-refractivity contribution >= 4 is 23.6 Å². The first kappa shape index (κ1) is 22.4. The van der Waals surface area contributed by atoms with Gasteiger partial charge in [0.05, 0.1) is 6.61 Å². The van der Waals surface area contributed by atoms with E-state index in [9.17, 15) is 14.7 Å². The molecular formula is C17H28N6O4. The first-order chi connectivity index (χ1) is 12.7. The molecule has 0 aliphatic rings. The molecule has 10 heteroatoms. The summed E-state index contributed by atoms with van der Waals surface area (Å²) in [4.78, 5) is 23.3. The normalized spacial score (nSPS) is 13.9. The summed E-state index contributed by atoms with van der Waals surface area (Å²) in [7, 11) is 0. The summed E-state index contributed by atoms with van der Waals surface area (Å²) in [6.45, 7) is 3.89. The number of nitrogens with two attached hydrogens (primary N) is 2. The summed E-state index contributed by atoms with van der Waals surface area (Å²) in [5.41, 5.74) is 12.0. The second kappa shape index (κ2) is 11.1. The molecule has 0 aromatic heterocycles. The average Bonchev–Trinajstić information content (AvgIpc) is 2.63. The summed E-state index contributed by atoms with van der Waals surface area (Å²) < 4.78 is 0. The highest BCUT2D eigenvalue weighted by atomic mass is 16.3. The zero-order valence-corrected chi connectivity index (χ0v) is 15.6. The van der Waals surface area contributed by atoms with Crippen molar-refractivity contribution in [3.05, 3.63) is 29.8 Å². The molecule has 0 heterocycles. The minimum absolute atomic E-state index is 0.0219. The van der Waals surface area contributed by atoms with Crippen molar-refractivity contribution in [2.24, 2.45) is 22.5 Å². The van der Waals surface area contributed by atoms with Gasteiger partial charge < -0.3 is 27.0 Å². The van der Waals surface area contributed by atoms with E-state index in [1.165, 1.54) is 0 Å². The number of benzene rings is 1. The summed E-state index contributed by atoms with van der Waals surface area (Å²) in [6, 6.07) is 4.61. The van der Waals surface area contributed by atoms with Crippen molar-refractivity contribution in [3.8, 4) is 0 Å². The number of carbonyl (C=O) groups excluding carboxylic acids is 2. The second-order valence-electron chi connectivity index (χ2n) is 6.37. The molecular weight excluding hydrogens is 352 g/mol. The molecule has 27 heavy (non-hydrogen) atoms. The average molecular weight is 380 g/mol. The summed E-state index contributed by atoms with van der Waals surface area (Å²) in [5, 5.41) is 30.2. The van der Waals surface area contributed by atoms with Crippen LogP contribution >= 0.6 is 0 Å². The lowest BCUT2D eigenvalue weighted by molar-refractivity contribution is -0.822. The van der Waals surface area contributed by atoms with Gasteiger partial charge in [-0.2, -0.15) is 0 Å². The lowest BCUT2D eigenvalue weighted by Gasteiger charge is -2.22. The van der Waals surface area contributed by atoms with Gasteiger partial charge in [0.15, 0.2) is 0 Å². The van der Waals surface area contributed by atoms with Crippen LogP contribution in [0.3, 0.4) is 0 Å². The van der Waals surface area contributed by atoms with E-state index in [0.717, 1.165) is 0 Å². The van der Waals surface area contributed by atoms with Crippen LogP contribution in [0, 0.1) is 5.92 Å². The zero-order chi connectivity index (χ0) is 20.4. The SMILES string of the molecule is CC(C)[C@H](N)C([O-])=N[NH+](CCCNC(N)=O)C(=O)Nc1ccc(CO)cc1. The van der Waals surface area contributed by atoms with Crippen LogP contribution in [0.2, 0.25) is 0 Å². The molecule has 2 atom stereocenters. The monoisotopic (exact) mass is 380 g/mol. The molecule has 0 saturated heterocycles. The third-order valence-corrected chi connectivity index (χ3v) is 3.79. The highest BCUT2D eigenvalue weighted by Crippen LogP contribution is 2.08. The highest BCUT2D eigenvalue weighted by Gasteiger charge is 2.21. The lowest BCUT2D eigenvalue weighted by Crippen LogP contribution is -3.11. The van der Waals surface area contributed by atoms with Crippen molar-refractivity contribution in [1.82, 2.24) is 5.32 Å². The second-order valence-corrected chi connectivity index (χ2v) is 6.37. The Kier molecular flexibility index (Phi) is 9.20. The van der Waals surface area contributed by atoms with Crippen LogP contribution < -0.4 is 32.2 Å². The van der Waals surface area contributed by atoms with Gasteiger partial charge in [0.1, 0.15) is 6.54 Å². The number of hydrogen-bond acceptors (Lipinski definition) is 6. The molecule has 0 saturated carbocycles. The fourth-order valence-corrected chi connectivity index (χ4v) is 2.08. The Bertz CT molecular complexity index is 647. The van der Waals surface area contributed by atoms with Gasteiger partial charge in [-0.3, -0.25) is 5.32 Å². The van der Waals surface area contributed by atoms with E-state index in [4.69, 9.17) is 16.6 Å². The number of aliphatic hydroxyl groups is 1. The predicted octanol–water partition coefficient (Wildman–Crippen LogP) is -1.69. The molecule has 8 N–H and O–H groups in total. The molecule has 1 rings (SSSR count). The van der Waals surface area contributed by atoms with Gasteiger partial charge in [-0.05, 0) is 23.6 Å². The number of carbonyl (C=O) groups is 2. The van der Waals surface area contributed by atoms with Crippen molar-refractivity contribution in [2.75, 3.05) is 18.4 Å². The molecule has 0 aliphatic carbocycles. The number of amides is 4. The molecule has 0 spiro atoms. The standard InChI is InChI=1S/C17H28N6O4/c1-11(2)14(18)15(25)22-23(9-3-8-20-16(19)26)17(27)21-13-6-4-12(10-24)5-7-13/h4-7,11,14,24H,3,8-10,18H2,1-2H3,(H,21,27)(H,22,25)(H3,19,20,26)/t14-/m0/s1. The van der Waals surface area contributed by atoms with Crippen LogP contribution in [0.5, 0.6) is 0 Å². The summed E-state index contributed by atoms with van der Waals surface area (Å²) >= 11 is 0. The maximum atomic E-state index is 12.5. The highest BCUT2D eigenvalue weighted by molar-refractivity contribution is 5.83. The third-order valence-electron chi connectivity index (χ3n) is 3.79. The number of nitrogens with zero attached hydrogens (tertiary/aromatic N) is 1. The van der Waals surface area contributed by atoms with Crippen LogP contribution in [0.15, 0.2) is 29.4 Å². The number of anilines is 1. The molecule has 150 valence electrons. The minimum atomic E-state index is -0.805. The predicted molar refractivity (Wildman–Crippen MR) is 99.7 cm³/mol. The smallest absolute Gasteiger partial charge is 0.445 e. The summed E-state index contributed by atoms with van der Waals surface area (Å²) in [5.74, 6) is -0.693. The van der Waals surface area contributed by atoms with Gasteiger partial charge in [-0.1, -0.05) is 31.1 Å². The van der Waals surface area contributed by atoms with Gasteiger partial charge in [-0.25, -0.2) is 9.59 Å². The molecule has 0 fully saturated rings. The molecule has 4 amide bonds. The Balaban J connectivity index is 2.84. The minimum Gasteiger partial charge on any atom is -0.857 e. The molecule has 1 aromatic rings. The fourth-order valence-electron chi connectivity index (χ4n) is 2.08. The van der Waals surface area contributed by atoms with Gasteiger partial charge in [0, 0.05) is 30.6 Å². The van der Waals surface area contributed by atoms with Crippen LogP contribution in [0.4, 0.5) is 15.3 Å². The molecule has 0 aliphatic heterocycles. The molecule has 10 nitrogen and oxygen atoms in total. The van der Waals surface area contributed by atoms with E-state index < -0.39 is 24.0 Å². The Hall–Kier alpha value is -2.69. The Labute approximate surface area is 158 Å². The first-order valence-corrected chi connectivity index (χ1v) is 8.66. The van der Waals surface area contributed by atoms with Crippen molar-refractivity contribution < 1.29 is 24.8 Å². The lowest BCUT2D eigenvalue weighted by atomic mass is 10.1. The Morgan fingerprint density at radius 1 is 1.30 bits per heavy atom. The molecule has 1 aromatic carbocycles. The zero-order valence-electron chi connectivity index (χ0n) is 15.6. The van der Waals surface area contributed by atoms with Crippen LogP contribution in [0.25, 0.3) is 0 Å². The topological polar surface area (TPSA) is 170 Å². The van der Waals surface area contributed by atoms with Crippen LogP contribution in [0.1, 0.15) is 25.8 Å². The largest absolute Gasteiger partial charge is 0.857 e. The number of primary amides is 1. The van der Waals surface area contributed by atoms with E-state index in [2.05, 4.69) is 15.7 Å². The van der Waals surface area contributed by atoms with E-state index in [0.29, 0.717) is 17.7 Å². The summed E-state index contributed by atoms with van der Waals surface area (Å²) in [6.07, 6.45) is 0.378. The molecule has 0 bridgehead atoms. The maximum Gasteiger partial charge on any atom is 0.445 e. The number of aliphatic hydroxyl groups excluding tert-OH is 1. The van der Waals surface area contributed by atoms with E-state index >= 15 is 0 Å². The number of quaternary nitrogens is 1. The molecule has 0 radical (unpaired) electrons. The van der Waals surface area contributed by atoms with Crippen molar-refractivity contribution in [3.63, 3.8) is 0 Å². The number of hydrogen-bond donors (Lipinski definition) is 6. The van der Waals surface area contributed by atoms with E-state index in [1.54, 1.807) is 38.1 Å². The number of rotatable bonds is 9. The van der Waals surface area contributed by atoms with Gasteiger partial charge >= 0.3 is 12.1 Å². The Morgan fingerprint density at radius 2 is 1.93 bits per heavy atom. The quantitative estimate of drug-likeness (QED) is 0.130. The van der Waals surface area contributed by atoms with Gasteiger partial charge in [-0.15, -0.1) is 5.01 Å². The number of nitrogens with one attached hydrogen (secondary N) is 3.